The predicted octanol–water partition coefficient (Wildman–Crippen LogP) is 5.03. The molecule has 114 valence electrons. The van der Waals surface area contributed by atoms with Gasteiger partial charge in [0.05, 0.1) is 5.92 Å². The number of carbonyl (C=O) groups excluding carboxylic acids is 1. The molecule has 2 atom stereocenters. The monoisotopic (exact) mass is 313 g/mol. The summed E-state index contributed by atoms with van der Waals surface area (Å²) in [4.78, 5) is 12.7. The second-order valence-corrected chi connectivity index (χ2v) is 7.07. The minimum atomic E-state index is -0.0160. The highest BCUT2D eigenvalue weighted by Crippen LogP contribution is 2.64. The Morgan fingerprint density at radius 3 is 2.50 bits per heavy atom. The Morgan fingerprint density at radius 1 is 1.14 bits per heavy atom. The maximum atomic E-state index is 12.7. The van der Waals surface area contributed by atoms with Crippen LogP contribution >= 0.6 is 11.6 Å². The third-order valence-electron chi connectivity index (χ3n) is 4.73. The van der Waals surface area contributed by atoms with Gasteiger partial charge in [0.15, 0.2) is 0 Å². The van der Waals surface area contributed by atoms with E-state index in [-0.39, 0.29) is 23.2 Å². The minimum Gasteiger partial charge on any atom is -0.326 e. The van der Waals surface area contributed by atoms with Gasteiger partial charge in [-0.15, -0.1) is 0 Å². The van der Waals surface area contributed by atoms with Crippen molar-refractivity contribution < 1.29 is 4.79 Å². The fourth-order valence-corrected chi connectivity index (χ4v) is 3.52. The minimum absolute atomic E-state index is 0.00622. The van der Waals surface area contributed by atoms with Gasteiger partial charge >= 0.3 is 0 Å². The Hall–Kier alpha value is -1.80. The van der Waals surface area contributed by atoms with Gasteiger partial charge in [0.2, 0.25) is 5.91 Å². The van der Waals surface area contributed by atoms with Crippen LogP contribution in [0.5, 0.6) is 0 Å². The van der Waals surface area contributed by atoms with E-state index in [0.29, 0.717) is 5.02 Å². The first kappa shape index (κ1) is 15.1. The molecule has 1 aliphatic rings. The number of anilines is 1. The first-order valence-electron chi connectivity index (χ1n) is 7.53. The van der Waals surface area contributed by atoms with Gasteiger partial charge in [-0.1, -0.05) is 61.8 Å². The molecule has 1 N–H and O–H groups in total. The van der Waals surface area contributed by atoms with E-state index in [2.05, 4.69) is 31.3 Å². The van der Waals surface area contributed by atoms with E-state index in [9.17, 15) is 4.79 Å². The SMILES string of the molecule is Cc1ccc(Cl)cc1NC(=O)[C@H]1[C@H](c2ccccc2)C1(C)C. The average Bonchev–Trinajstić information content (AvgIpc) is 3.06. The third-order valence-corrected chi connectivity index (χ3v) is 4.96. The van der Waals surface area contributed by atoms with Crippen LogP contribution in [0, 0.1) is 18.3 Å². The second-order valence-electron chi connectivity index (χ2n) is 6.64. The summed E-state index contributed by atoms with van der Waals surface area (Å²) >= 11 is 6.02. The molecule has 0 unspecified atom stereocenters. The van der Waals surface area contributed by atoms with Gasteiger partial charge in [-0.05, 0) is 35.6 Å². The lowest BCUT2D eigenvalue weighted by Gasteiger charge is -2.09. The summed E-state index contributed by atoms with van der Waals surface area (Å²) in [6.45, 7) is 6.28. The molecule has 1 amide bonds. The molecule has 2 aromatic rings. The smallest absolute Gasteiger partial charge is 0.228 e. The average molecular weight is 314 g/mol. The first-order valence-corrected chi connectivity index (χ1v) is 7.91. The molecule has 1 saturated carbocycles. The lowest BCUT2D eigenvalue weighted by molar-refractivity contribution is -0.118. The van der Waals surface area contributed by atoms with Crippen LogP contribution < -0.4 is 5.32 Å². The van der Waals surface area contributed by atoms with Crippen LogP contribution in [-0.2, 0) is 4.79 Å². The standard InChI is InChI=1S/C19H20ClNO/c1-12-9-10-14(20)11-15(12)21-18(22)17-16(19(17,2)3)13-7-5-4-6-8-13/h4-11,16-17H,1-3H3,(H,21,22)/t16-,17+/m0/s1. The fourth-order valence-electron chi connectivity index (χ4n) is 3.35. The van der Waals surface area contributed by atoms with Crippen molar-refractivity contribution in [2.24, 2.45) is 11.3 Å². The second kappa shape index (κ2) is 5.44. The van der Waals surface area contributed by atoms with Gasteiger partial charge in [-0.3, -0.25) is 4.79 Å². The third kappa shape index (κ3) is 2.64. The maximum Gasteiger partial charge on any atom is 0.228 e. The molecule has 0 aliphatic heterocycles. The van der Waals surface area contributed by atoms with Gasteiger partial charge < -0.3 is 5.32 Å². The van der Waals surface area contributed by atoms with Crippen LogP contribution in [0.15, 0.2) is 48.5 Å². The summed E-state index contributed by atoms with van der Waals surface area (Å²) in [6, 6.07) is 15.8. The number of rotatable bonds is 3. The molecule has 0 heterocycles. The van der Waals surface area contributed by atoms with Crippen LogP contribution in [0.25, 0.3) is 0 Å². The number of hydrogen-bond acceptors (Lipinski definition) is 1. The number of halogens is 1. The summed E-state index contributed by atoms with van der Waals surface area (Å²) in [6.07, 6.45) is 0. The van der Waals surface area contributed by atoms with Crippen molar-refractivity contribution in [3.05, 3.63) is 64.7 Å². The zero-order valence-corrected chi connectivity index (χ0v) is 13.8. The fraction of sp³-hybridized carbons (Fsp3) is 0.316. The number of benzene rings is 2. The number of nitrogens with one attached hydrogen (secondary N) is 1. The highest BCUT2D eigenvalue weighted by Gasteiger charge is 2.62. The van der Waals surface area contributed by atoms with E-state index in [1.54, 1.807) is 0 Å². The predicted molar refractivity (Wildman–Crippen MR) is 91.3 cm³/mol. The molecule has 1 fully saturated rings. The van der Waals surface area contributed by atoms with Crippen molar-refractivity contribution in [3.8, 4) is 0 Å². The molecular formula is C19H20ClNO. The summed E-state index contributed by atoms with van der Waals surface area (Å²) in [5.41, 5.74) is 3.03. The van der Waals surface area contributed by atoms with Gasteiger partial charge in [0.25, 0.3) is 0 Å². The summed E-state index contributed by atoms with van der Waals surface area (Å²) < 4.78 is 0. The molecule has 0 radical (unpaired) electrons. The first-order chi connectivity index (χ1) is 10.4. The highest BCUT2D eigenvalue weighted by atomic mass is 35.5. The van der Waals surface area contributed by atoms with E-state index < -0.39 is 0 Å². The van der Waals surface area contributed by atoms with Crippen molar-refractivity contribution in [2.45, 2.75) is 26.7 Å². The topological polar surface area (TPSA) is 29.1 Å². The summed E-state index contributed by atoms with van der Waals surface area (Å²) in [5, 5.41) is 3.68. The van der Waals surface area contributed by atoms with Crippen LogP contribution in [0.4, 0.5) is 5.69 Å². The Balaban J connectivity index is 1.80. The number of amides is 1. The molecular weight excluding hydrogens is 294 g/mol. The van der Waals surface area contributed by atoms with Crippen LogP contribution in [0.1, 0.15) is 30.9 Å². The highest BCUT2D eigenvalue weighted by molar-refractivity contribution is 6.31. The lowest BCUT2D eigenvalue weighted by atomic mass is 10.0. The maximum absolute atomic E-state index is 12.7. The quantitative estimate of drug-likeness (QED) is 0.846. The van der Waals surface area contributed by atoms with E-state index in [1.165, 1.54) is 5.56 Å². The number of carbonyl (C=O) groups is 1. The molecule has 2 nitrogen and oxygen atoms in total. The Labute approximate surface area is 136 Å². The molecule has 0 aromatic heterocycles. The molecule has 22 heavy (non-hydrogen) atoms. The van der Waals surface area contributed by atoms with Crippen molar-refractivity contribution in [1.29, 1.82) is 0 Å². The van der Waals surface area contributed by atoms with Crippen LogP contribution in [0.3, 0.4) is 0 Å². The molecule has 0 saturated heterocycles. The molecule has 1 aliphatic carbocycles. The molecule has 3 heteroatoms. The largest absolute Gasteiger partial charge is 0.326 e. The van der Waals surface area contributed by atoms with Gasteiger partial charge in [0.1, 0.15) is 0 Å². The lowest BCUT2D eigenvalue weighted by Crippen LogP contribution is -2.17. The zero-order valence-electron chi connectivity index (χ0n) is 13.1. The Morgan fingerprint density at radius 2 is 1.82 bits per heavy atom. The van der Waals surface area contributed by atoms with E-state index in [4.69, 9.17) is 11.6 Å². The Bertz CT molecular complexity index is 709. The van der Waals surface area contributed by atoms with E-state index in [0.717, 1.165) is 11.3 Å². The molecule has 0 spiro atoms. The van der Waals surface area contributed by atoms with Gasteiger partial charge in [-0.2, -0.15) is 0 Å². The van der Waals surface area contributed by atoms with Gasteiger partial charge in [-0.25, -0.2) is 0 Å². The van der Waals surface area contributed by atoms with E-state index >= 15 is 0 Å². The van der Waals surface area contributed by atoms with Crippen molar-refractivity contribution in [1.82, 2.24) is 0 Å². The van der Waals surface area contributed by atoms with Crippen molar-refractivity contribution in [2.75, 3.05) is 5.32 Å². The molecule has 2 aromatic carbocycles. The van der Waals surface area contributed by atoms with Crippen molar-refractivity contribution in [3.63, 3.8) is 0 Å². The molecule has 3 rings (SSSR count). The Kier molecular flexibility index (Phi) is 3.73. The zero-order chi connectivity index (χ0) is 15.9. The van der Waals surface area contributed by atoms with Crippen LogP contribution in [0.2, 0.25) is 5.02 Å². The van der Waals surface area contributed by atoms with Gasteiger partial charge in [0, 0.05) is 16.6 Å². The number of hydrogen-bond donors (Lipinski definition) is 1. The van der Waals surface area contributed by atoms with Crippen molar-refractivity contribution >= 4 is 23.2 Å². The summed E-state index contributed by atoms with van der Waals surface area (Å²) in [5.74, 6) is 0.339. The summed E-state index contributed by atoms with van der Waals surface area (Å²) in [7, 11) is 0. The normalized spacial score (nSPS) is 22.2. The van der Waals surface area contributed by atoms with Crippen LogP contribution in [-0.4, -0.2) is 5.91 Å². The molecule has 0 bridgehead atoms. The number of aryl methyl sites for hydroxylation is 1. The van der Waals surface area contributed by atoms with E-state index in [1.807, 2.05) is 43.3 Å².